The Kier molecular flexibility index (Phi) is 6.89. The zero-order valence-electron chi connectivity index (χ0n) is 19.8. The maximum Gasteiger partial charge on any atom is 0.246 e. The van der Waals surface area contributed by atoms with Crippen LogP contribution in [0.25, 0.3) is 27.7 Å². The van der Waals surface area contributed by atoms with Crippen LogP contribution in [-0.4, -0.2) is 30.5 Å². The molecule has 0 N–H and O–H groups in total. The molecule has 0 bridgehead atoms. The third-order valence-electron chi connectivity index (χ3n) is 5.84. The Bertz CT molecular complexity index is 1130. The van der Waals surface area contributed by atoms with Gasteiger partial charge in [-0.05, 0) is 71.2 Å². The molecule has 0 aliphatic rings. The number of hydrogen-bond donors (Lipinski definition) is 0. The Hall–Kier alpha value is -3.01. The van der Waals surface area contributed by atoms with E-state index in [1.165, 1.54) is 11.1 Å². The fourth-order valence-electron chi connectivity index (χ4n) is 4.15. The topological polar surface area (TPSA) is 42.7 Å². The highest BCUT2D eigenvalue weighted by molar-refractivity contribution is 6.02. The molecule has 1 heterocycles. The van der Waals surface area contributed by atoms with Gasteiger partial charge >= 0.3 is 0 Å². The van der Waals surface area contributed by atoms with E-state index >= 15 is 0 Å². The molecule has 0 saturated heterocycles. The first kappa shape index (κ1) is 22.7. The third-order valence-corrected chi connectivity index (χ3v) is 5.84. The highest BCUT2D eigenvalue weighted by atomic mass is 16.5. The second-order valence-electron chi connectivity index (χ2n) is 7.99. The highest BCUT2D eigenvalue weighted by Crippen LogP contribution is 2.41. The molecule has 4 heteroatoms. The molecule has 2 aromatic carbocycles. The average molecular weight is 420 g/mol. The van der Waals surface area contributed by atoms with Crippen LogP contribution < -0.4 is 4.74 Å². The molecule has 0 fully saturated rings. The van der Waals surface area contributed by atoms with E-state index in [-0.39, 0.29) is 5.91 Å². The number of ether oxygens (including phenoxy) is 1. The van der Waals surface area contributed by atoms with Crippen molar-refractivity contribution < 1.29 is 13.9 Å². The molecule has 0 radical (unpaired) electrons. The normalized spacial score (nSPS) is 11.8. The lowest BCUT2D eigenvalue weighted by molar-refractivity contribution is -0.125. The first-order chi connectivity index (χ1) is 14.8. The number of nitrogens with zero attached hydrogens (tertiary/aromatic N) is 1. The molecule has 0 atom stereocenters. The van der Waals surface area contributed by atoms with E-state index in [0.29, 0.717) is 19.7 Å². The van der Waals surface area contributed by atoms with Gasteiger partial charge in [-0.25, -0.2) is 0 Å². The van der Waals surface area contributed by atoms with Gasteiger partial charge in [-0.1, -0.05) is 23.8 Å². The highest BCUT2D eigenvalue weighted by Gasteiger charge is 2.20. The van der Waals surface area contributed by atoms with Crippen molar-refractivity contribution in [3.8, 4) is 16.9 Å². The van der Waals surface area contributed by atoms with E-state index in [0.717, 1.165) is 44.5 Å². The number of hydrogen-bond acceptors (Lipinski definition) is 3. The Balaban J connectivity index is 2.22. The number of likely N-dealkylation sites (N-methyl/N-ethyl adjacent to an activating group) is 1. The smallest absolute Gasteiger partial charge is 0.246 e. The van der Waals surface area contributed by atoms with Crippen molar-refractivity contribution in [1.82, 2.24) is 4.90 Å². The van der Waals surface area contributed by atoms with Crippen molar-refractivity contribution in [2.45, 2.75) is 48.5 Å². The van der Waals surface area contributed by atoms with E-state index in [9.17, 15) is 4.79 Å². The van der Waals surface area contributed by atoms with Gasteiger partial charge in [0, 0.05) is 41.2 Å². The van der Waals surface area contributed by atoms with Crippen LogP contribution in [0.2, 0.25) is 0 Å². The number of benzene rings is 2. The molecule has 4 nitrogen and oxygen atoms in total. The molecule has 1 aromatic heterocycles. The van der Waals surface area contributed by atoms with Gasteiger partial charge in [-0.3, -0.25) is 4.79 Å². The van der Waals surface area contributed by atoms with Crippen molar-refractivity contribution >= 4 is 22.4 Å². The number of carbonyl (C=O) groups excluding carboxylic acids is 1. The summed E-state index contributed by atoms with van der Waals surface area (Å²) >= 11 is 0. The van der Waals surface area contributed by atoms with Crippen molar-refractivity contribution in [1.29, 1.82) is 0 Å². The minimum absolute atomic E-state index is 0.0181. The number of aryl methyl sites for hydroxylation is 3. The summed E-state index contributed by atoms with van der Waals surface area (Å²) in [6.07, 6.45) is 3.54. The molecule has 164 valence electrons. The monoisotopic (exact) mass is 419 g/mol. The molecule has 0 aliphatic heterocycles. The minimum atomic E-state index is 0.0181. The van der Waals surface area contributed by atoms with Crippen LogP contribution in [0.4, 0.5) is 0 Å². The number of amides is 1. The van der Waals surface area contributed by atoms with Gasteiger partial charge in [0.2, 0.25) is 5.91 Å². The zero-order chi connectivity index (χ0) is 22.7. The van der Waals surface area contributed by atoms with E-state index in [2.05, 4.69) is 38.1 Å². The van der Waals surface area contributed by atoms with Gasteiger partial charge < -0.3 is 14.1 Å². The van der Waals surface area contributed by atoms with Crippen molar-refractivity contribution in [2.75, 3.05) is 19.7 Å². The van der Waals surface area contributed by atoms with Gasteiger partial charge in [-0.15, -0.1) is 0 Å². The van der Waals surface area contributed by atoms with Gasteiger partial charge in [0.05, 0.1) is 12.9 Å². The van der Waals surface area contributed by atoms with E-state index in [4.69, 9.17) is 9.15 Å². The van der Waals surface area contributed by atoms with Gasteiger partial charge in [0.25, 0.3) is 0 Å². The first-order valence-electron chi connectivity index (χ1n) is 11.0. The van der Waals surface area contributed by atoms with Crippen LogP contribution in [-0.2, 0) is 4.79 Å². The molecule has 0 aliphatic carbocycles. The van der Waals surface area contributed by atoms with E-state index < -0.39 is 0 Å². The summed E-state index contributed by atoms with van der Waals surface area (Å²) in [4.78, 5) is 14.5. The molecule has 3 aromatic rings. The summed E-state index contributed by atoms with van der Waals surface area (Å²) in [6, 6.07) is 8.56. The summed E-state index contributed by atoms with van der Waals surface area (Å²) in [5, 5.41) is 1.03. The van der Waals surface area contributed by atoms with Crippen molar-refractivity contribution in [2.24, 2.45) is 0 Å². The van der Waals surface area contributed by atoms with Gasteiger partial charge in [-0.2, -0.15) is 0 Å². The number of carbonyl (C=O) groups is 1. The maximum atomic E-state index is 12.7. The molecular formula is C27H33NO3. The zero-order valence-corrected chi connectivity index (χ0v) is 19.8. The summed E-state index contributed by atoms with van der Waals surface area (Å²) in [6.45, 7) is 16.1. The van der Waals surface area contributed by atoms with Crippen molar-refractivity contribution in [3.05, 3.63) is 58.9 Å². The number of furan rings is 1. The number of rotatable bonds is 7. The Morgan fingerprint density at radius 1 is 1.06 bits per heavy atom. The van der Waals surface area contributed by atoms with Crippen LogP contribution in [0.5, 0.6) is 5.75 Å². The summed E-state index contributed by atoms with van der Waals surface area (Å²) < 4.78 is 12.0. The summed E-state index contributed by atoms with van der Waals surface area (Å²) in [5.74, 6) is 0.794. The quantitative estimate of drug-likeness (QED) is 0.400. The lowest BCUT2D eigenvalue weighted by Gasteiger charge is -2.18. The second kappa shape index (κ2) is 9.42. The lowest BCUT2D eigenvalue weighted by Crippen LogP contribution is -2.28. The molecule has 3 rings (SSSR count). The maximum absolute atomic E-state index is 12.7. The summed E-state index contributed by atoms with van der Waals surface area (Å²) in [5.41, 5.74) is 8.25. The summed E-state index contributed by atoms with van der Waals surface area (Å²) in [7, 11) is 0. The average Bonchev–Trinajstić information content (AvgIpc) is 3.15. The predicted molar refractivity (Wildman–Crippen MR) is 129 cm³/mol. The fraction of sp³-hybridized carbons (Fsp3) is 0.370. The first-order valence-corrected chi connectivity index (χ1v) is 11.0. The standard InChI is InChI=1S/C27H33NO3/c1-8-28(9-2)25(29)14-19(6)22-15-23-24(21-12-11-17(4)13-18(21)5)16-31-27(23)20(7)26(22)30-10-3/h11-16H,8-10H2,1-7H3/b19-14+. The van der Waals surface area contributed by atoms with Crippen molar-refractivity contribution in [3.63, 3.8) is 0 Å². The van der Waals surface area contributed by atoms with E-state index in [1.807, 2.05) is 45.8 Å². The molecule has 0 unspecified atom stereocenters. The predicted octanol–water partition coefficient (Wildman–Crippen LogP) is 6.70. The molecule has 0 spiro atoms. The number of allylic oxidation sites excluding steroid dienone is 1. The Labute approximate surface area is 185 Å². The Morgan fingerprint density at radius 3 is 2.39 bits per heavy atom. The SMILES string of the molecule is CCOc1c(/C(C)=C/C(=O)N(CC)CC)cc2c(-c3ccc(C)cc3C)coc2c1C. The van der Waals surface area contributed by atoms with E-state index in [1.54, 1.807) is 6.08 Å². The third kappa shape index (κ3) is 4.39. The van der Waals surface area contributed by atoms with Gasteiger partial charge in [0.1, 0.15) is 11.3 Å². The van der Waals surface area contributed by atoms with Crippen LogP contribution in [0.15, 0.2) is 41.0 Å². The fourth-order valence-corrected chi connectivity index (χ4v) is 4.15. The van der Waals surface area contributed by atoms with Crippen LogP contribution in [0, 0.1) is 20.8 Å². The largest absolute Gasteiger partial charge is 0.493 e. The second-order valence-corrected chi connectivity index (χ2v) is 7.99. The molecule has 1 amide bonds. The number of fused-ring (bicyclic) bond motifs is 1. The molecular weight excluding hydrogens is 386 g/mol. The van der Waals surface area contributed by atoms with Crippen LogP contribution in [0.3, 0.4) is 0 Å². The van der Waals surface area contributed by atoms with Crippen LogP contribution in [0.1, 0.15) is 49.9 Å². The molecule has 31 heavy (non-hydrogen) atoms. The van der Waals surface area contributed by atoms with Crippen LogP contribution >= 0.6 is 0 Å². The molecule has 0 saturated carbocycles. The minimum Gasteiger partial charge on any atom is -0.493 e. The Morgan fingerprint density at radius 2 is 1.77 bits per heavy atom. The lowest BCUT2D eigenvalue weighted by atomic mass is 9.94. The van der Waals surface area contributed by atoms with Gasteiger partial charge in [0.15, 0.2) is 0 Å².